The lowest BCUT2D eigenvalue weighted by molar-refractivity contribution is 1.19. The van der Waals surface area contributed by atoms with Crippen molar-refractivity contribution in [3.05, 3.63) is 39.4 Å². The molecule has 0 saturated heterocycles. The Morgan fingerprint density at radius 2 is 1.50 bits per heavy atom. The highest BCUT2D eigenvalue weighted by molar-refractivity contribution is 6.03. The Morgan fingerprint density at radius 1 is 0.889 bits per heavy atom. The summed E-state index contributed by atoms with van der Waals surface area (Å²) in [6.07, 6.45) is 0. The van der Waals surface area contributed by atoms with Gasteiger partial charge in [-0.15, -0.1) is 0 Å². The van der Waals surface area contributed by atoms with Crippen molar-refractivity contribution in [3.8, 4) is 0 Å². The second kappa shape index (κ2) is 4.27. The molecule has 0 saturated carbocycles. The molecule has 2 nitrogen and oxygen atoms in total. The molecule has 1 aliphatic heterocycles. The van der Waals surface area contributed by atoms with E-state index in [1.807, 2.05) is 0 Å². The van der Waals surface area contributed by atoms with Crippen LogP contribution in [0.25, 0.3) is 5.57 Å². The molecular weight excluding hydrogens is 220 g/mol. The molecule has 0 spiro atoms. The third-order valence-corrected chi connectivity index (χ3v) is 4.28. The van der Waals surface area contributed by atoms with Crippen LogP contribution in [0.5, 0.6) is 0 Å². The molecule has 0 atom stereocenters. The molecule has 0 fully saturated rings. The first-order valence-electron chi connectivity index (χ1n) is 6.45. The summed E-state index contributed by atoms with van der Waals surface area (Å²) >= 11 is 0. The van der Waals surface area contributed by atoms with Crippen molar-refractivity contribution in [3.63, 3.8) is 0 Å². The zero-order chi connectivity index (χ0) is 13.6. The topological polar surface area (TPSA) is 28.1 Å². The van der Waals surface area contributed by atoms with E-state index in [0.717, 1.165) is 11.4 Å². The Morgan fingerprint density at radius 3 is 1.89 bits per heavy atom. The van der Waals surface area contributed by atoms with Gasteiger partial charge in [-0.25, -0.2) is 0 Å². The average Bonchev–Trinajstić information content (AvgIpc) is 2.74. The summed E-state index contributed by atoms with van der Waals surface area (Å²) in [7, 11) is 0. The summed E-state index contributed by atoms with van der Waals surface area (Å²) in [5.74, 6) is 0. The summed E-state index contributed by atoms with van der Waals surface area (Å²) in [6, 6.07) is 0. The van der Waals surface area contributed by atoms with Gasteiger partial charge >= 0.3 is 0 Å². The van der Waals surface area contributed by atoms with Gasteiger partial charge < -0.3 is 4.98 Å². The number of rotatable bonds is 1. The van der Waals surface area contributed by atoms with Crippen molar-refractivity contribution in [2.24, 2.45) is 4.99 Å². The van der Waals surface area contributed by atoms with Gasteiger partial charge in [0.05, 0.1) is 5.70 Å². The maximum atomic E-state index is 4.71. The molecule has 1 aromatic heterocycles. The molecule has 0 aromatic carbocycles. The number of aliphatic imine (C=N–C) groups is 1. The normalized spacial score (nSPS) is 18.5. The summed E-state index contributed by atoms with van der Waals surface area (Å²) in [5.41, 5.74) is 11.3. The van der Waals surface area contributed by atoms with E-state index in [9.17, 15) is 0 Å². The predicted molar refractivity (Wildman–Crippen MR) is 79.1 cm³/mol. The van der Waals surface area contributed by atoms with E-state index < -0.39 is 0 Å². The minimum Gasteiger partial charge on any atom is -0.358 e. The Kier molecular flexibility index (Phi) is 3.05. The number of nitrogens with zero attached hydrogens (tertiary/aromatic N) is 1. The van der Waals surface area contributed by atoms with Gasteiger partial charge in [-0.2, -0.15) is 0 Å². The van der Waals surface area contributed by atoms with E-state index in [1.54, 1.807) is 0 Å². The SMILES string of the molecule is CC1=N/C(=C(\C)c2[nH]c(C)c(C)c2C)C(C)=C1C. The Labute approximate surface area is 110 Å². The highest BCUT2D eigenvalue weighted by Crippen LogP contribution is 2.33. The molecule has 2 heterocycles. The molecule has 1 aliphatic rings. The number of aromatic amines is 1. The fourth-order valence-corrected chi connectivity index (χ4v) is 2.49. The second-order valence-electron chi connectivity index (χ2n) is 5.30. The number of aromatic nitrogens is 1. The molecule has 1 N–H and O–H groups in total. The van der Waals surface area contributed by atoms with Gasteiger partial charge in [-0.1, -0.05) is 0 Å². The van der Waals surface area contributed by atoms with E-state index in [-0.39, 0.29) is 0 Å². The Hall–Kier alpha value is -1.57. The van der Waals surface area contributed by atoms with Crippen LogP contribution in [0.3, 0.4) is 0 Å². The fraction of sp³-hybridized carbons (Fsp3) is 0.438. The van der Waals surface area contributed by atoms with Gasteiger partial charge in [-0.3, -0.25) is 4.99 Å². The van der Waals surface area contributed by atoms with E-state index in [0.29, 0.717) is 0 Å². The van der Waals surface area contributed by atoms with E-state index >= 15 is 0 Å². The zero-order valence-corrected chi connectivity index (χ0v) is 12.4. The van der Waals surface area contributed by atoms with Crippen LogP contribution < -0.4 is 0 Å². The smallest absolute Gasteiger partial charge is 0.0715 e. The maximum absolute atomic E-state index is 4.71. The Balaban J connectivity index is 2.63. The first-order chi connectivity index (χ1) is 8.34. The average molecular weight is 242 g/mol. The number of allylic oxidation sites excluding steroid dienone is 3. The highest BCUT2D eigenvalue weighted by Gasteiger charge is 2.19. The molecule has 0 bridgehead atoms. The molecule has 18 heavy (non-hydrogen) atoms. The van der Waals surface area contributed by atoms with Crippen molar-refractivity contribution in [1.82, 2.24) is 4.98 Å². The lowest BCUT2D eigenvalue weighted by Crippen LogP contribution is -1.90. The van der Waals surface area contributed by atoms with Crippen LogP contribution in [0.15, 0.2) is 21.8 Å². The van der Waals surface area contributed by atoms with Crippen LogP contribution in [0.1, 0.15) is 50.2 Å². The number of aryl methyl sites for hydroxylation is 1. The predicted octanol–water partition coefficient (Wildman–Crippen LogP) is 4.48. The molecular formula is C16H22N2. The Bertz CT molecular complexity index is 607. The van der Waals surface area contributed by atoms with Crippen LogP contribution in [0.2, 0.25) is 0 Å². The summed E-state index contributed by atoms with van der Waals surface area (Å²) < 4.78 is 0. The van der Waals surface area contributed by atoms with Crippen LogP contribution >= 0.6 is 0 Å². The van der Waals surface area contributed by atoms with Crippen LogP contribution in [0, 0.1) is 20.8 Å². The summed E-state index contributed by atoms with van der Waals surface area (Å²) in [4.78, 5) is 8.20. The monoisotopic (exact) mass is 242 g/mol. The molecule has 0 aliphatic carbocycles. The van der Waals surface area contributed by atoms with E-state index in [4.69, 9.17) is 4.99 Å². The first kappa shape index (κ1) is 12.9. The zero-order valence-electron chi connectivity index (χ0n) is 12.4. The molecule has 2 heteroatoms. The minimum absolute atomic E-state index is 1.13. The maximum Gasteiger partial charge on any atom is 0.0715 e. The number of hydrogen-bond donors (Lipinski definition) is 1. The lowest BCUT2D eigenvalue weighted by atomic mass is 10.0. The van der Waals surface area contributed by atoms with Gasteiger partial charge in [0.2, 0.25) is 0 Å². The van der Waals surface area contributed by atoms with Crippen LogP contribution in [-0.4, -0.2) is 10.7 Å². The molecule has 96 valence electrons. The number of nitrogens with one attached hydrogen (secondary N) is 1. The molecule has 0 unspecified atom stereocenters. The van der Waals surface area contributed by atoms with Crippen molar-refractivity contribution < 1.29 is 0 Å². The number of hydrogen-bond acceptors (Lipinski definition) is 1. The largest absolute Gasteiger partial charge is 0.358 e. The highest BCUT2D eigenvalue weighted by atomic mass is 14.8. The molecule has 2 rings (SSSR count). The molecule has 0 radical (unpaired) electrons. The lowest BCUT2D eigenvalue weighted by Gasteiger charge is -2.06. The van der Waals surface area contributed by atoms with Crippen molar-refractivity contribution in [2.45, 2.75) is 48.5 Å². The first-order valence-corrected chi connectivity index (χ1v) is 6.45. The second-order valence-corrected chi connectivity index (χ2v) is 5.30. The number of H-pyrrole nitrogens is 1. The standard InChI is InChI=1S/C16H22N2/c1-8-10(3)15(17-13(8)6)12(5)16-11(4)9(2)14(7)18-16/h17H,1-7H3/b16-12+. The third kappa shape index (κ3) is 1.76. The fourth-order valence-electron chi connectivity index (χ4n) is 2.49. The molecule has 0 amide bonds. The quantitative estimate of drug-likeness (QED) is 0.752. The third-order valence-electron chi connectivity index (χ3n) is 4.28. The van der Waals surface area contributed by atoms with Gasteiger partial charge in [-0.05, 0) is 76.3 Å². The van der Waals surface area contributed by atoms with Crippen molar-refractivity contribution in [1.29, 1.82) is 0 Å². The minimum atomic E-state index is 1.13. The summed E-state index contributed by atoms with van der Waals surface area (Å²) in [5, 5.41) is 0. The van der Waals surface area contributed by atoms with Gasteiger partial charge in [0, 0.05) is 17.1 Å². The van der Waals surface area contributed by atoms with Crippen molar-refractivity contribution >= 4 is 11.3 Å². The van der Waals surface area contributed by atoms with Crippen LogP contribution in [0.4, 0.5) is 0 Å². The van der Waals surface area contributed by atoms with E-state index in [2.05, 4.69) is 53.5 Å². The van der Waals surface area contributed by atoms with E-state index in [1.165, 1.54) is 39.2 Å². The van der Waals surface area contributed by atoms with Crippen LogP contribution in [-0.2, 0) is 0 Å². The van der Waals surface area contributed by atoms with Gasteiger partial charge in [0.25, 0.3) is 0 Å². The van der Waals surface area contributed by atoms with Gasteiger partial charge in [0.15, 0.2) is 0 Å². The summed E-state index contributed by atoms with van der Waals surface area (Å²) in [6.45, 7) is 15.0. The van der Waals surface area contributed by atoms with Crippen molar-refractivity contribution in [2.75, 3.05) is 0 Å². The van der Waals surface area contributed by atoms with Gasteiger partial charge in [0.1, 0.15) is 0 Å². The molecule has 1 aromatic rings.